The summed E-state index contributed by atoms with van der Waals surface area (Å²) >= 11 is 0. The van der Waals surface area contributed by atoms with Gasteiger partial charge in [-0.1, -0.05) is 12.1 Å². The standard InChI is InChI=1S/C27H31N5O4S/c1-18-12-21(16-28)13-19(2)27(18)36-23-14-25(31-26(15-23)35-3)30-22-8-10-32(11-9-22)17-20-4-6-24(7-5-20)37(29,33)34/h4-7,12-15,22H,8-11,17H2,1-3H3,(H,30,31)(H2,29,33,34). The molecule has 1 fully saturated rings. The zero-order chi connectivity index (χ0) is 26.6. The van der Waals surface area contributed by atoms with E-state index in [1.54, 1.807) is 25.3 Å². The van der Waals surface area contributed by atoms with Crippen LogP contribution < -0.4 is 19.9 Å². The largest absolute Gasteiger partial charge is 0.481 e. The minimum atomic E-state index is -3.68. The van der Waals surface area contributed by atoms with Gasteiger partial charge in [-0.2, -0.15) is 10.2 Å². The van der Waals surface area contributed by atoms with Crippen LogP contribution in [-0.4, -0.2) is 44.5 Å². The quantitative estimate of drug-likeness (QED) is 0.453. The number of hydrogen-bond acceptors (Lipinski definition) is 8. The number of nitriles is 1. The fourth-order valence-corrected chi connectivity index (χ4v) is 5.02. The van der Waals surface area contributed by atoms with E-state index >= 15 is 0 Å². The summed E-state index contributed by atoms with van der Waals surface area (Å²) in [7, 11) is -2.11. The van der Waals surface area contributed by atoms with E-state index in [4.69, 9.17) is 14.6 Å². The van der Waals surface area contributed by atoms with Crippen LogP contribution in [0.4, 0.5) is 5.82 Å². The van der Waals surface area contributed by atoms with Crippen LogP contribution in [0.25, 0.3) is 0 Å². The van der Waals surface area contributed by atoms with Crippen molar-refractivity contribution in [2.75, 3.05) is 25.5 Å². The first kappa shape index (κ1) is 26.4. The second-order valence-electron chi connectivity index (χ2n) is 9.27. The number of methoxy groups -OCH3 is 1. The molecule has 1 saturated heterocycles. The normalized spacial score (nSPS) is 14.7. The zero-order valence-corrected chi connectivity index (χ0v) is 22.0. The molecule has 0 aliphatic carbocycles. The summed E-state index contributed by atoms with van der Waals surface area (Å²) in [6.45, 7) is 6.37. The summed E-state index contributed by atoms with van der Waals surface area (Å²) in [5.41, 5.74) is 3.41. The molecule has 37 heavy (non-hydrogen) atoms. The molecule has 1 aliphatic heterocycles. The highest BCUT2D eigenvalue weighted by atomic mass is 32.2. The Morgan fingerprint density at radius 2 is 1.76 bits per heavy atom. The maximum absolute atomic E-state index is 11.5. The highest BCUT2D eigenvalue weighted by Crippen LogP contribution is 2.33. The molecule has 2 aromatic carbocycles. The number of nitrogens with one attached hydrogen (secondary N) is 1. The number of ether oxygens (including phenoxy) is 2. The summed E-state index contributed by atoms with van der Waals surface area (Å²) in [6, 6.07) is 16.3. The summed E-state index contributed by atoms with van der Waals surface area (Å²) in [5.74, 6) is 2.44. The first-order chi connectivity index (χ1) is 17.6. The summed E-state index contributed by atoms with van der Waals surface area (Å²) in [4.78, 5) is 7.01. The van der Waals surface area contributed by atoms with Gasteiger partial charge in [0.25, 0.3) is 0 Å². The lowest BCUT2D eigenvalue weighted by Crippen LogP contribution is -2.38. The first-order valence-electron chi connectivity index (χ1n) is 12.0. The predicted molar refractivity (Wildman–Crippen MR) is 141 cm³/mol. The Balaban J connectivity index is 1.38. The van der Waals surface area contributed by atoms with Crippen molar-refractivity contribution in [3.63, 3.8) is 0 Å². The van der Waals surface area contributed by atoms with Gasteiger partial charge in [0.15, 0.2) is 0 Å². The smallest absolute Gasteiger partial charge is 0.238 e. The molecular formula is C27H31N5O4S. The molecule has 0 bridgehead atoms. The Hall–Kier alpha value is -3.65. The van der Waals surface area contributed by atoms with Crippen LogP contribution in [0.1, 0.15) is 35.1 Å². The zero-order valence-electron chi connectivity index (χ0n) is 21.2. The molecule has 0 spiro atoms. The summed E-state index contributed by atoms with van der Waals surface area (Å²) in [6.07, 6.45) is 1.86. The number of aromatic nitrogens is 1. The highest BCUT2D eigenvalue weighted by Gasteiger charge is 2.21. The van der Waals surface area contributed by atoms with Crippen LogP contribution >= 0.6 is 0 Å². The SMILES string of the molecule is COc1cc(Oc2c(C)cc(C#N)cc2C)cc(NC2CCN(Cc3ccc(S(N)(=O)=O)cc3)CC2)n1. The van der Waals surface area contributed by atoms with Crippen molar-refractivity contribution in [1.82, 2.24) is 9.88 Å². The number of pyridine rings is 1. The van der Waals surface area contributed by atoms with Gasteiger partial charge in [-0.05, 0) is 67.6 Å². The number of rotatable bonds is 8. The van der Waals surface area contributed by atoms with Crippen LogP contribution in [0.3, 0.4) is 0 Å². The van der Waals surface area contributed by atoms with Crippen molar-refractivity contribution in [1.29, 1.82) is 5.26 Å². The van der Waals surface area contributed by atoms with E-state index < -0.39 is 10.0 Å². The van der Waals surface area contributed by atoms with Gasteiger partial charge in [-0.25, -0.2) is 13.6 Å². The number of aryl methyl sites for hydroxylation is 2. The molecule has 3 N–H and O–H groups in total. The number of primary sulfonamides is 1. The average Bonchev–Trinajstić information content (AvgIpc) is 2.87. The van der Waals surface area contributed by atoms with Gasteiger partial charge < -0.3 is 14.8 Å². The third-order valence-corrected chi connectivity index (χ3v) is 7.32. The molecular weight excluding hydrogens is 490 g/mol. The number of nitrogens with two attached hydrogens (primary N) is 1. The van der Waals surface area contributed by atoms with Crippen molar-refractivity contribution in [2.45, 2.75) is 44.2 Å². The minimum Gasteiger partial charge on any atom is -0.481 e. The number of hydrogen-bond donors (Lipinski definition) is 2. The number of benzene rings is 2. The number of likely N-dealkylation sites (tertiary alicyclic amines) is 1. The Morgan fingerprint density at radius 3 is 2.32 bits per heavy atom. The molecule has 4 rings (SSSR count). The maximum atomic E-state index is 11.5. The number of piperidine rings is 1. The van der Waals surface area contributed by atoms with E-state index in [2.05, 4.69) is 21.3 Å². The van der Waals surface area contributed by atoms with Crippen LogP contribution in [-0.2, 0) is 16.6 Å². The van der Waals surface area contributed by atoms with E-state index in [1.165, 1.54) is 0 Å². The predicted octanol–water partition coefficient (Wildman–Crippen LogP) is 4.09. The molecule has 1 aromatic heterocycles. The number of anilines is 1. The summed E-state index contributed by atoms with van der Waals surface area (Å²) < 4.78 is 34.5. The Bertz CT molecular complexity index is 1390. The van der Waals surface area contributed by atoms with Crippen LogP contribution in [0.15, 0.2) is 53.4 Å². The van der Waals surface area contributed by atoms with Crippen molar-refractivity contribution >= 4 is 15.8 Å². The van der Waals surface area contributed by atoms with Gasteiger partial charge in [0.2, 0.25) is 15.9 Å². The third-order valence-electron chi connectivity index (χ3n) is 6.39. The van der Waals surface area contributed by atoms with Crippen LogP contribution in [0.5, 0.6) is 17.4 Å². The topological polar surface area (TPSA) is 131 Å². The molecule has 0 saturated carbocycles. The molecule has 0 atom stereocenters. The van der Waals surface area contributed by atoms with Crippen molar-refractivity contribution in [3.05, 3.63) is 70.8 Å². The van der Waals surface area contributed by atoms with Crippen molar-refractivity contribution < 1.29 is 17.9 Å². The fourth-order valence-electron chi connectivity index (χ4n) is 4.50. The van der Waals surface area contributed by atoms with Gasteiger partial charge in [-0.3, -0.25) is 4.90 Å². The Morgan fingerprint density at radius 1 is 1.11 bits per heavy atom. The van der Waals surface area contributed by atoms with E-state index in [0.717, 1.165) is 49.2 Å². The lowest BCUT2D eigenvalue weighted by molar-refractivity contribution is 0.211. The van der Waals surface area contributed by atoms with Crippen molar-refractivity contribution in [3.8, 4) is 23.4 Å². The van der Waals surface area contributed by atoms with Crippen molar-refractivity contribution in [2.24, 2.45) is 5.14 Å². The maximum Gasteiger partial charge on any atom is 0.238 e. The Labute approximate surface area is 217 Å². The second kappa shape index (κ2) is 11.2. The molecule has 10 heteroatoms. The van der Waals surface area contributed by atoms with Crippen LogP contribution in [0.2, 0.25) is 0 Å². The van der Waals surface area contributed by atoms with Gasteiger partial charge in [0.05, 0.1) is 23.6 Å². The first-order valence-corrected chi connectivity index (χ1v) is 13.5. The highest BCUT2D eigenvalue weighted by molar-refractivity contribution is 7.89. The molecule has 0 amide bonds. The lowest BCUT2D eigenvalue weighted by Gasteiger charge is -2.32. The third kappa shape index (κ3) is 6.77. The Kier molecular flexibility index (Phi) is 7.97. The molecule has 3 aromatic rings. The lowest BCUT2D eigenvalue weighted by atomic mass is 10.0. The second-order valence-corrected chi connectivity index (χ2v) is 10.8. The van der Waals surface area contributed by atoms with E-state index in [-0.39, 0.29) is 10.9 Å². The summed E-state index contributed by atoms with van der Waals surface area (Å²) in [5, 5.41) is 17.9. The average molecular weight is 522 g/mol. The van der Waals surface area contributed by atoms with E-state index in [9.17, 15) is 13.7 Å². The molecule has 0 unspecified atom stereocenters. The van der Waals surface area contributed by atoms with Crippen LogP contribution in [0, 0.1) is 25.2 Å². The van der Waals surface area contributed by atoms with E-state index in [1.807, 2.05) is 44.2 Å². The number of nitrogens with zero attached hydrogens (tertiary/aromatic N) is 3. The van der Waals surface area contributed by atoms with Gasteiger partial charge in [0, 0.05) is 37.8 Å². The number of sulfonamides is 1. The monoisotopic (exact) mass is 521 g/mol. The molecule has 2 heterocycles. The van der Waals surface area contributed by atoms with Gasteiger partial charge in [-0.15, -0.1) is 0 Å². The van der Waals surface area contributed by atoms with E-state index in [0.29, 0.717) is 28.8 Å². The van der Waals surface area contributed by atoms with Gasteiger partial charge in [0.1, 0.15) is 17.3 Å². The molecule has 0 radical (unpaired) electrons. The fraction of sp³-hybridized carbons (Fsp3) is 0.333. The molecule has 194 valence electrons. The molecule has 1 aliphatic rings. The molecule has 9 nitrogen and oxygen atoms in total. The van der Waals surface area contributed by atoms with Gasteiger partial charge >= 0.3 is 0 Å². The minimum absolute atomic E-state index is 0.123.